The Morgan fingerprint density at radius 1 is 1.17 bits per heavy atom. The third-order valence-corrected chi connectivity index (χ3v) is 3.81. The van der Waals surface area contributed by atoms with Gasteiger partial charge < -0.3 is 5.11 Å². The smallest absolute Gasteiger partial charge is 0.120 e. The van der Waals surface area contributed by atoms with Gasteiger partial charge in [-0.3, -0.25) is 4.90 Å². The Labute approximate surface area is 112 Å². The van der Waals surface area contributed by atoms with E-state index in [1.165, 1.54) is 12.8 Å². The monoisotopic (exact) mass is 249 g/mol. The van der Waals surface area contributed by atoms with Crippen LogP contribution in [0.5, 0.6) is 5.75 Å². The summed E-state index contributed by atoms with van der Waals surface area (Å²) in [6, 6.07) is 8.51. The lowest BCUT2D eigenvalue weighted by Crippen LogP contribution is -2.35. The maximum Gasteiger partial charge on any atom is 0.120 e. The molecule has 2 heteroatoms. The molecule has 0 radical (unpaired) electrons. The Bertz CT molecular complexity index is 351. The fourth-order valence-electron chi connectivity index (χ4n) is 2.39. The zero-order valence-corrected chi connectivity index (χ0v) is 12.2. The van der Waals surface area contributed by atoms with Gasteiger partial charge in [0.15, 0.2) is 0 Å². The van der Waals surface area contributed by atoms with Crippen molar-refractivity contribution in [2.75, 3.05) is 6.54 Å². The van der Waals surface area contributed by atoms with Crippen molar-refractivity contribution in [3.63, 3.8) is 0 Å². The first kappa shape index (κ1) is 15.0. The maximum absolute atomic E-state index is 9.98. The van der Waals surface area contributed by atoms with Gasteiger partial charge in [0.2, 0.25) is 0 Å². The minimum atomic E-state index is 0.271. The van der Waals surface area contributed by atoms with Crippen LogP contribution in [0.25, 0.3) is 0 Å². The normalized spacial score (nSPS) is 14.7. The molecule has 1 rings (SSSR count). The van der Waals surface area contributed by atoms with Crippen LogP contribution in [0.15, 0.2) is 24.3 Å². The van der Waals surface area contributed by atoms with Gasteiger partial charge in [0.25, 0.3) is 0 Å². The number of benzene rings is 1. The predicted molar refractivity (Wildman–Crippen MR) is 77.9 cm³/mol. The fourth-order valence-corrected chi connectivity index (χ4v) is 2.39. The van der Waals surface area contributed by atoms with Crippen LogP contribution in [0, 0.1) is 0 Å². The summed E-state index contributed by atoms with van der Waals surface area (Å²) in [4.78, 5) is 2.50. The van der Waals surface area contributed by atoms with Gasteiger partial charge in [-0.25, -0.2) is 0 Å². The van der Waals surface area contributed by atoms with Crippen LogP contribution in [0.4, 0.5) is 0 Å². The van der Waals surface area contributed by atoms with Gasteiger partial charge in [0.05, 0.1) is 0 Å². The summed E-state index contributed by atoms with van der Waals surface area (Å²) in [5, 5.41) is 9.98. The number of para-hydroxylation sites is 1. The summed E-state index contributed by atoms with van der Waals surface area (Å²) < 4.78 is 0. The van der Waals surface area contributed by atoms with Gasteiger partial charge >= 0.3 is 0 Å². The van der Waals surface area contributed by atoms with Crippen LogP contribution in [-0.4, -0.2) is 22.6 Å². The topological polar surface area (TPSA) is 23.5 Å². The summed E-state index contributed by atoms with van der Waals surface area (Å²) >= 11 is 0. The predicted octanol–water partition coefficient (Wildman–Crippen LogP) is 4.35. The lowest BCUT2D eigenvalue weighted by Gasteiger charge is -2.34. The molecular formula is C16H27NO. The highest BCUT2D eigenvalue weighted by Crippen LogP contribution is 2.30. The number of aromatic hydroxyl groups is 1. The number of phenols is 1. The molecular weight excluding hydrogens is 222 g/mol. The standard InChI is InChI=1S/C16H27NO/c1-5-7-12-17(13(3)6-2)14(4)15-10-8-9-11-16(15)18/h8-11,13-14,18H,5-7,12H2,1-4H3. The second-order valence-electron chi connectivity index (χ2n) is 5.08. The van der Waals surface area contributed by atoms with Gasteiger partial charge in [-0.15, -0.1) is 0 Å². The number of unbranched alkanes of at least 4 members (excludes halogenated alkanes) is 1. The van der Waals surface area contributed by atoms with Crippen molar-refractivity contribution in [3.05, 3.63) is 29.8 Å². The second kappa shape index (κ2) is 7.42. The van der Waals surface area contributed by atoms with E-state index < -0.39 is 0 Å². The summed E-state index contributed by atoms with van der Waals surface area (Å²) in [6.07, 6.45) is 3.56. The molecule has 2 unspecified atom stereocenters. The van der Waals surface area contributed by atoms with Crippen LogP contribution in [0.1, 0.15) is 58.6 Å². The lowest BCUT2D eigenvalue weighted by molar-refractivity contribution is 0.145. The zero-order valence-electron chi connectivity index (χ0n) is 12.2. The molecule has 1 aromatic rings. The number of hydrogen-bond donors (Lipinski definition) is 1. The van der Waals surface area contributed by atoms with Crippen LogP contribution in [0.2, 0.25) is 0 Å². The third kappa shape index (κ3) is 3.74. The first-order chi connectivity index (χ1) is 8.61. The van der Waals surface area contributed by atoms with Crippen LogP contribution >= 0.6 is 0 Å². The molecule has 0 aliphatic rings. The third-order valence-electron chi connectivity index (χ3n) is 3.81. The number of phenolic OH excluding ortho intramolecular Hbond substituents is 1. The SMILES string of the molecule is CCCCN(C(C)CC)C(C)c1ccccc1O. The van der Waals surface area contributed by atoms with Crippen LogP contribution in [-0.2, 0) is 0 Å². The summed E-state index contributed by atoms with van der Waals surface area (Å²) in [5.74, 6) is 0.412. The van der Waals surface area contributed by atoms with Gasteiger partial charge in [-0.05, 0) is 39.3 Å². The minimum absolute atomic E-state index is 0.271. The van der Waals surface area contributed by atoms with Crippen molar-refractivity contribution in [2.45, 2.75) is 59.0 Å². The molecule has 0 bridgehead atoms. The van der Waals surface area contributed by atoms with Crippen molar-refractivity contribution < 1.29 is 5.11 Å². The molecule has 0 aromatic heterocycles. The molecule has 2 atom stereocenters. The number of nitrogens with zero attached hydrogens (tertiary/aromatic N) is 1. The minimum Gasteiger partial charge on any atom is -0.508 e. The molecule has 0 saturated heterocycles. The quantitative estimate of drug-likeness (QED) is 0.776. The average Bonchev–Trinajstić information content (AvgIpc) is 2.39. The molecule has 102 valence electrons. The summed E-state index contributed by atoms with van der Waals surface area (Å²) in [5.41, 5.74) is 1.04. The second-order valence-corrected chi connectivity index (χ2v) is 5.08. The first-order valence-corrected chi connectivity index (χ1v) is 7.15. The number of hydrogen-bond acceptors (Lipinski definition) is 2. The van der Waals surface area contributed by atoms with E-state index in [0.717, 1.165) is 18.5 Å². The maximum atomic E-state index is 9.98. The van der Waals surface area contributed by atoms with Gasteiger partial charge in [-0.2, -0.15) is 0 Å². The lowest BCUT2D eigenvalue weighted by atomic mass is 10.0. The summed E-state index contributed by atoms with van der Waals surface area (Å²) in [6.45, 7) is 10.0. The van der Waals surface area contributed by atoms with Crippen molar-refractivity contribution in [1.82, 2.24) is 4.90 Å². The molecule has 0 heterocycles. The van der Waals surface area contributed by atoms with Gasteiger partial charge in [0, 0.05) is 17.6 Å². The molecule has 0 aliphatic heterocycles. The molecule has 2 nitrogen and oxygen atoms in total. The number of rotatable bonds is 7. The Kier molecular flexibility index (Phi) is 6.20. The molecule has 0 aliphatic carbocycles. The molecule has 1 aromatic carbocycles. The Morgan fingerprint density at radius 2 is 1.83 bits per heavy atom. The molecule has 0 amide bonds. The van der Waals surface area contributed by atoms with E-state index in [2.05, 4.69) is 32.6 Å². The highest BCUT2D eigenvalue weighted by Gasteiger charge is 2.21. The molecule has 0 saturated carbocycles. The molecule has 0 fully saturated rings. The van der Waals surface area contributed by atoms with E-state index in [4.69, 9.17) is 0 Å². The van der Waals surface area contributed by atoms with Crippen molar-refractivity contribution in [3.8, 4) is 5.75 Å². The van der Waals surface area contributed by atoms with Crippen molar-refractivity contribution >= 4 is 0 Å². The highest BCUT2D eigenvalue weighted by molar-refractivity contribution is 5.34. The fraction of sp³-hybridized carbons (Fsp3) is 0.625. The molecule has 18 heavy (non-hydrogen) atoms. The van der Waals surface area contributed by atoms with E-state index in [9.17, 15) is 5.11 Å². The van der Waals surface area contributed by atoms with E-state index in [1.54, 1.807) is 6.07 Å². The highest BCUT2D eigenvalue weighted by atomic mass is 16.3. The Balaban J connectivity index is 2.87. The van der Waals surface area contributed by atoms with Gasteiger partial charge in [0.1, 0.15) is 5.75 Å². The zero-order chi connectivity index (χ0) is 13.5. The van der Waals surface area contributed by atoms with Crippen LogP contribution in [0.3, 0.4) is 0 Å². The molecule has 0 spiro atoms. The van der Waals surface area contributed by atoms with E-state index >= 15 is 0 Å². The van der Waals surface area contributed by atoms with Crippen LogP contribution < -0.4 is 0 Å². The van der Waals surface area contributed by atoms with E-state index in [1.807, 2.05) is 18.2 Å². The van der Waals surface area contributed by atoms with Crippen molar-refractivity contribution in [1.29, 1.82) is 0 Å². The molecule has 1 N–H and O–H groups in total. The average molecular weight is 249 g/mol. The largest absolute Gasteiger partial charge is 0.508 e. The van der Waals surface area contributed by atoms with E-state index in [-0.39, 0.29) is 6.04 Å². The Hall–Kier alpha value is -1.02. The first-order valence-electron chi connectivity index (χ1n) is 7.15. The van der Waals surface area contributed by atoms with E-state index in [0.29, 0.717) is 11.8 Å². The summed E-state index contributed by atoms with van der Waals surface area (Å²) in [7, 11) is 0. The Morgan fingerprint density at radius 3 is 2.39 bits per heavy atom. The van der Waals surface area contributed by atoms with Crippen molar-refractivity contribution in [2.24, 2.45) is 0 Å². The van der Waals surface area contributed by atoms with Gasteiger partial charge in [-0.1, -0.05) is 38.5 Å².